The molecule has 0 bridgehead atoms. The van der Waals surface area contributed by atoms with E-state index in [1.54, 1.807) is 0 Å². The molecule has 17 heteroatoms. The first kappa shape index (κ1) is 18.5. The predicted octanol–water partition coefficient (Wildman–Crippen LogP) is -1.56. The molecular formula is C6H5N3O12S2. The summed E-state index contributed by atoms with van der Waals surface area (Å²) in [5.74, 6) is 0. The Labute approximate surface area is 125 Å². The first-order chi connectivity index (χ1) is 10.2. The van der Waals surface area contributed by atoms with E-state index in [0.29, 0.717) is 0 Å². The molecule has 23 heavy (non-hydrogen) atoms. The van der Waals surface area contributed by atoms with Gasteiger partial charge in [-0.15, -0.1) is 0 Å². The van der Waals surface area contributed by atoms with Crippen molar-refractivity contribution in [2.75, 3.05) is 0 Å². The Morgan fingerprint density at radius 2 is 1.48 bits per heavy atom. The lowest BCUT2D eigenvalue weighted by molar-refractivity contribution is -0.537. The van der Waals surface area contributed by atoms with Crippen LogP contribution in [0.25, 0.3) is 0 Å². The topological polar surface area (TPSA) is 238 Å². The predicted molar refractivity (Wildman–Crippen MR) is 66.8 cm³/mol. The Balaban J connectivity index is 4.10. The number of nitrogens with zero attached hydrogens (tertiary/aromatic N) is 3. The van der Waals surface area contributed by atoms with Crippen molar-refractivity contribution < 1.29 is 40.7 Å². The Morgan fingerprint density at radius 1 is 1.00 bits per heavy atom. The van der Waals surface area contributed by atoms with Gasteiger partial charge in [0.25, 0.3) is 26.8 Å². The zero-order valence-corrected chi connectivity index (χ0v) is 12.0. The van der Waals surface area contributed by atoms with Gasteiger partial charge < -0.3 is 0 Å². The van der Waals surface area contributed by atoms with E-state index in [4.69, 9.17) is 9.11 Å². The maximum atomic E-state index is 11.4. The van der Waals surface area contributed by atoms with Crippen molar-refractivity contribution in [2.45, 2.75) is 10.1 Å². The van der Waals surface area contributed by atoms with E-state index in [0.717, 1.165) is 0 Å². The molecule has 2 N–H and O–H groups in total. The van der Waals surface area contributed by atoms with E-state index in [9.17, 15) is 47.2 Å². The summed E-state index contributed by atoms with van der Waals surface area (Å²) in [7, 11) is -12.0. The number of nitro groups is 3. The van der Waals surface area contributed by atoms with E-state index >= 15 is 0 Å². The second-order valence-corrected chi connectivity index (χ2v) is 7.14. The molecule has 1 rings (SSSR count). The normalized spacial score (nSPS) is 25.2. The molecule has 0 heterocycles. The molecule has 0 aromatic carbocycles. The largest absolute Gasteiger partial charge is 0.397 e. The first-order valence-corrected chi connectivity index (χ1v) is 7.91. The SMILES string of the molecule is O=[N+]([O-])C1=CC([N+](=O)[O-])(S(=O)(=O)O)C(S(=O)(=O)O)C([N+](=O)[O-])=C1. The molecular weight excluding hydrogens is 370 g/mol. The lowest BCUT2D eigenvalue weighted by atomic mass is 10.0. The average molecular weight is 375 g/mol. The van der Waals surface area contributed by atoms with Gasteiger partial charge in [0.1, 0.15) is 0 Å². The van der Waals surface area contributed by atoms with Gasteiger partial charge in [-0.1, -0.05) is 0 Å². The summed E-state index contributed by atoms with van der Waals surface area (Å²) in [6.07, 6.45) is -0.487. The Hall–Kier alpha value is -2.50. The van der Waals surface area contributed by atoms with E-state index < -0.39 is 62.6 Å². The first-order valence-electron chi connectivity index (χ1n) is 4.97. The lowest BCUT2D eigenvalue weighted by Crippen LogP contribution is -2.59. The highest BCUT2D eigenvalue weighted by Crippen LogP contribution is 2.38. The highest BCUT2D eigenvalue weighted by atomic mass is 32.2. The summed E-state index contributed by atoms with van der Waals surface area (Å²) in [4.78, 5) is 23.2. The number of allylic oxidation sites excluding steroid dienone is 1. The second-order valence-electron chi connectivity index (χ2n) is 4.03. The third-order valence-electron chi connectivity index (χ3n) is 2.71. The van der Waals surface area contributed by atoms with Crippen molar-refractivity contribution in [1.82, 2.24) is 0 Å². The van der Waals surface area contributed by atoms with Gasteiger partial charge in [0, 0.05) is 0 Å². The fourth-order valence-corrected chi connectivity index (χ4v) is 4.46. The van der Waals surface area contributed by atoms with E-state index in [-0.39, 0.29) is 6.08 Å². The van der Waals surface area contributed by atoms with Gasteiger partial charge in [-0.2, -0.15) is 16.8 Å². The van der Waals surface area contributed by atoms with Crippen molar-refractivity contribution >= 4 is 20.2 Å². The second kappa shape index (κ2) is 5.30. The standard InChI is InChI=1S/C6H5N3O12S2/c10-7(11)3-1-4(8(12)13)5(22(16,17)18)6(2-3,9(14)15)23(19,20)21/h1-2,5H,(H,16,17,18)(H,19,20,21). The van der Waals surface area contributed by atoms with Crippen LogP contribution in [0.3, 0.4) is 0 Å². The molecule has 15 nitrogen and oxygen atoms in total. The van der Waals surface area contributed by atoms with Crippen molar-refractivity contribution in [3.63, 3.8) is 0 Å². The van der Waals surface area contributed by atoms with E-state index in [2.05, 4.69) is 0 Å². The monoisotopic (exact) mass is 375 g/mol. The Morgan fingerprint density at radius 3 is 1.74 bits per heavy atom. The highest BCUT2D eigenvalue weighted by Gasteiger charge is 2.72. The van der Waals surface area contributed by atoms with Crippen LogP contribution in [0.4, 0.5) is 0 Å². The summed E-state index contributed by atoms with van der Waals surface area (Å²) in [6, 6.07) is 0. The van der Waals surface area contributed by atoms with Crippen LogP contribution < -0.4 is 0 Å². The van der Waals surface area contributed by atoms with Gasteiger partial charge in [-0.05, 0) is 0 Å². The molecule has 0 aromatic heterocycles. The molecule has 2 atom stereocenters. The van der Waals surface area contributed by atoms with Crippen LogP contribution in [0.1, 0.15) is 0 Å². The van der Waals surface area contributed by atoms with Gasteiger partial charge in [0.2, 0.25) is 0 Å². The molecule has 0 amide bonds. The molecule has 2 unspecified atom stereocenters. The summed E-state index contributed by atoms with van der Waals surface area (Å²) >= 11 is 0. The maximum absolute atomic E-state index is 11.4. The van der Waals surface area contributed by atoms with Crippen LogP contribution in [-0.2, 0) is 20.2 Å². The van der Waals surface area contributed by atoms with Crippen LogP contribution >= 0.6 is 0 Å². The third-order valence-corrected chi connectivity index (χ3v) is 5.39. The van der Waals surface area contributed by atoms with Crippen LogP contribution in [0, 0.1) is 30.3 Å². The minimum atomic E-state index is -6.12. The van der Waals surface area contributed by atoms with Gasteiger partial charge in [0.05, 0.1) is 26.9 Å². The number of rotatable bonds is 5. The van der Waals surface area contributed by atoms with E-state index in [1.165, 1.54) is 0 Å². The summed E-state index contributed by atoms with van der Waals surface area (Å²) in [6.45, 7) is 0. The summed E-state index contributed by atoms with van der Waals surface area (Å²) < 4.78 is 63.3. The molecule has 0 saturated carbocycles. The zero-order chi connectivity index (χ0) is 18.4. The average Bonchev–Trinajstić information content (AvgIpc) is 2.33. The molecule has 0 saturated heterocycles. The number of hydrogen-bond donors (Lipinski definition) is 2. The van der Waals surface area contributed by atoms with E-state index in [1.807, 2.05) is 0 Å². The fourth-order valence-electron chi connectivity index (χ4n) is 1.84. The minimum absolute atomic E-state index is 0.0780. The van der Waals surface area contributed by atoms with Gasteiger partial charge in [-0.25, -0.2) is 0 Å². The third kappa shape index (κ3) is 2.88. The van der Waals surface area contributed by atoms with Crippen molar-refractivity contribution in [1.29, 1.82) is 0 Å². The van der Waals surface area contributed by atoms with Crippen molar-refractivity contribution in [2.24, 2.45) is 0 Å². The molecule has 128 valence electrons. The molecule has 0 aromatic rings. The number of hydrogen-bond acceptors (Lipinski definition) is 10. The minimum Gasteiger partial charge on any atom is -0.285 e. The molecule has 0 spiro atoms. The lowest BCUT2D eigenvalue weighted by Gasteiger charge is -2.25. The zero-order valence-electron chi connectivity index (χ0n) is 10.4. The van der Waals surface area contributed by atoms with Crippen LogP contribution in [0.2, 0.25) is 0 Å². The Bertz CT molecular complexity index is 866. The quantitative estimate of drug-likeness (QED) is 0.315. The highest BCUT2D eigenvalue weighted by molar-refractivity contribution is 7.91. The smallest absolute Gasteiger partial charge is 0.285 e. The van der Waals surface area contributed by atoms with Gasteiger partial charge in [0.15, 0.2) is 0 Å². The fraction of sp³-hybridized carbons (Fsp3) is 0.333. The van der Waals surface area contributed by atoms with Crippen LogP contribution in [0.5, 0.6) is 0 Å². The van der Waals surface area contributed by atoms with Crippen molar-refractivity contribution in [3.05, 3.63) is 53.9 Å². The molecule has 0 aliphatic heterocycles. The molecule has 1 aliphatic carbocycles. The molecule has 0 radical (unpaired) electrons. The Kier molecular flexibility index (Phi) is 4.27. The van der Waals surface area contributed by atoms with Crippen LogP contribution in [-0.4, -0.2) is 50.8 Å². The van der Waals surface area contributed by atoms with Gasteiger partial charge in [-0.3, -0.25) is 39.4 Å². The molecule has 0 fully saturated rings. The summed E-state index contributed by atoms with van der Waals surface area (Å²) in [5.41, 5.74) is -3.41. The maximum Gasteiger partial charge on any atom is 0.397 e. The van der Waals surface area contributed by atoms with Crippen molar-refractivity contribution in [3.8, 4) is 0 Å². The van der Waals surface area contributed by atoms with Gasteiger partial charge >= 0.3 is 15.0 Å². The molecule has 1 aliphatic rings. The van der Waals surface area contributed by atoms with Crippen LogP contribution in [0.15, 0.2) is 23.5 Å². The summed E-state index contributed by atoms with van der Waals surface area (Å²) in [5, 5.41) is 29.2.